The number of thioether (sulfide) groups is 1. The molecule has 24 heavy (non-hydrogen) atoms. The van der Waals surface area contributed by atoms with Crippen LogP contribution in [0.1, 0.15) is 15.8 Å². The molecule has 2 N–H and O–H groups in total. The molecule has 0 saturated carbocycles. The fraction of sp³-hybridized carbons (Fsp3) is 0.688. The molecule has 8 heteroatoms. The molecular formula is C16H27IN4OS2. The van der Waals surface area contributed by atoms with Crippen LogP contribution in [0.4, 0.5) is 0 Å². The Labute approximate surface area is 170 Å². The Kier molecular flexibility index (Phi) is 8.62. The number of nitrogens with zero attached hydrogens (tertiary/aromatic N) is 3. The molecule has 2 fully saturated rings. The van der Waals surface area contributed by atoms with E-state index in [4.69, 9.17) is 15.5 Å². The number of rotatable bonds is 4. The molecule has 5 nitrogen and oxygen atoms in total. The number of morpholine rings is 1. The molecule has 3 heterocycles. The molecule has 2 aliphatic heterocycles. The minimum atomic E-state index is 0. The maximum absolute atomic E-state index is 6.24. The van der Waals surface area contributed by atoms with Gasteiger partial charge in [0.2, 0.25) is 0 Å². The van der Waals surface area contributed by atoms with E-state index in [-0.39, 0.29) is 24.0 Å². The van der Waals surface area contributed by atoms with Gasteiger partial charge in [0.05, 0.1) is 25.8 Å². The highest BCUT2D eigenvalue weighted by Gasteiger charge is 2.24. The topological polar surface area (TPSA) is 54.1 Å². The van der Waals surface area contributed by atoms with Crippen molar-refractivity contribution >= 4 is 53.0 Å². The third-order valence-electron chi connectivity index (χ3n) is 4.34. The maximum atomic E-state index is 6.24. The van der Waals surface area contributed by atoms with Crippen LogP contribution in [-0.4, -0.2) is 73.2 Å². The molecule has 2 saturated heterocycles. The minimum Gasteiger partial charge on any atom is -0.379 e. The van der Waals surface area contributed by atoms with Crippen molar-refractivity contribution in [1.82, 2.24) is 9.80 Å². The van der Waals surface area contributed by atoms with E-state index in [2.05, 4.69) is 28.9 Å². The molecule has 0 amide bonds. The first-order valence-corrected chi connectivity index (χ1v) is 10.2. The summed E-state index contributed by atoms with van der Waals surface area (Å²) in [5, 5.41) is 0. The van der Waals surface area contributed by atoms with Crippen LogP contribution in [0, 0.1) is 6.92 Å². The van der Waals surface area contributed by atoms with Gasteiger partial charge in [-0.05, 0) is 19.1 Å². The van der Waals surface area contributed by atoms with Crippen molar-refractivity contribution < 1.29 is 4.74 Å². The maximum Gasteiger partial charge on any atom is 0.191 e. The van der Waals surface area contributed by atoms with E-state index < -0.39 is 0 Å². The van der Waals surface area contributed by atoms with Crippen molar-refractivity contribution in [3.63, 3.8) is 0 Å². The molecule has 1 aromatic heterocycles. The van der Waals surface area contributed by atoms with Gasteiger partial charge in [-0.3, -0.25) is 9.89 Å². The molecule has 0 radical (unpaired) electrons. The Balaban J connectivity index is 0.00000208. The predicted octanol–water partition coefficient (Wildman–Crippen LogP) is 2.41. The molecular weight excluding hydrogens is 455 g/mol. The van der Waals surface area contributed by atoms with Gasteiger partial charge in [0.15, 0.2) is 5.96 Å². The van der Waals surface area contributed by atoms with Gasteiger partial charge in [0.1, 0.15) is 0 Å². The van der Waals surface area contributed by atoms with Crippen LogP contribution >= 0.6 is 47.1 Å². The average Bonchev–Trinajstić information content (AvgIpc) is 3.03. The zero-order valence-electron chi connectivity index (χ0n) is 14.1. The summed E-state index contributed by atoms with van der Waals surface area (Å²) >= 11 is 3.86. The third-order valence-corrected chi connectivity index (χ3v) is 6.38. The molecule has 1 aromatic rings. The Morgan fingerprint density at radius 3 is 2.58 bits per heavy atom. The Hall–Kier alpha value is -0.0300. The first-order valence-electron chi connectivity index (χ1n) is 8.25. The standard InChI is InChI=1S/C16H26N4OS2.HI/c1-13-2-3-15(23-13)14(19-4-8-21-9-5-19)12-18-16(17)20-6-10-22-11-7-20;/h2-3,14H,4-12H2,1H3,(H2,17,18);1H. The zero-order valence-corrected chi connectivity index (χ0v) is 18.1. The van der Waals surface area contributed by atoms with E-state index in [1.807, 2.05) is 23.1 Å². The zero-order chi connectivity index (χ0) is 16.1. The number of hydrogen-bond donors (Lipinski definition) is 1. The van der Waals surface area contributed by atoms with Crippen molar-refractivity contribution in [1.29, 1.82) is 0 Å². The summed E-state index contributed by atoms with van der Waals surface area (Å²) in [7, 11) is 0. The summed E-state index contributed by atoms with van der Waals surface area (Å²) in [6, 6.07) is 4.75. The smallest absolute Gasteiger partial charge is 0.191 e. The second-order valence-electron chi connectivity index (χ2n) is 5.91. The number of aryl methyl sites for hydroxylation is 1. The van der Waals surface area contributed by atoms with Crippen LogP contribution in [0.15, 0.2) is 17.1 Å². The summed E-state index contributed by atoms with van der Waals surface area (Å²) in [5.74, 6) is 3.00. The van der Waals surface area contributed by atoms with Gasteiger partial charge in [0, 0.05) is 47.4 Å². The third kappa shape index (κ3) is 5.48. The largest absolute Gasteiger partial charge is 0.379 e. The fourth-order valence-corrected chi connectivity index (χ4v) is 4.89. The summed E-state index contributed by atoms with van der Waals surface area (Å²) < 4.78 is 5.50. The van der Waals surface area contributed by atoms with E-state index in [1.165, 1.54) is 9.75 Å². The van der Waals surface area contributed by atoms with Gasteiger partial charge in [-0.1, -0.05) is 0 Å². The van der Waals surface area contributed by atoms with Crippen LogP contribution in [0.2, 0.25) is 0 Å². The van der Waals surface area contributed by atoms with Crippen LogP contribution in [0.25, 0.3) is 0 Å². The lowest BCUT2D eigenvalue weighted by Gasteiger charge is -2.33. The number of guanidine groups is 1. The highest BCUT2D eigenvalue weighted by atomic mass is 127. The lowest BCUT2D eigenvalue weighted by atomic mass is 10.2. The predicted molar refractivity (Wildman–Crippen MR) is 115 cm³/mol. The number of nitrogens with two attached hydrogens (primary N) is 1. The molecule has 0 spiro atoms. The van der Waals surface area contributed by atoms with Gasteiger partial charge in [-0.15, -0.1) is 35.3 Å². The first kappa shape index (κ1) is 20.3. The molecule has 3 rings (SSSR count). The van der Waals surface area contributed by atoms with Crippen LogP contribution in [0.3, 0.4) is 0 Å². The van der Waals surface area contributed by atoms with Gasteiger partial charge in [0.25, 0.3) is 0 Å². The lowest BCUT2D eigenvalue weighted by molar-refractivity contribution is 0.0186. The Morgan fingerprint density at radius 2 is 1.96 bits per heavy atom. The van der Waals surface area contributed by atoms with Crippen LogP contribution in [0.5, 0.6) is 0 Å². The number of ether oxygens (including phenoxy) is 1. The molecule has 0 bridgehead atoms. The van der Waals surface area contributed by atoms with Gasteiger partial charge < -0.3 is 15.4 Å². The quantitative estimate of drug-likeness (QED) is 0.406. The van der Waals surface area contributed by atoms with Gasteiger partial charge in [-0.25, -0.2) is 0 Å². The second-order valence-corrected chi connectivity index (χ2v) is 8.46. The van der Waals surface area contributed by atoms with Crippen molar-refractivity contribution in [2.45, 2.75) is 13.0 Å². The van der Waals surface area contributed by atoms with Crippen molar-refractivity contribution in [2.24, 2.45) is 10.7 Å². The van der Waals surface area contributed by atoms with Crippen LogP contribution < -0.4 is 5.73 Å². The van der Waals surface area contributed by atoms with Crippen LogP contribution in [-0.2, 0) is 4.74 Å². The van der Waals surface area contributed by atoms with E-state index >= 15 is 0 Å². The van der Waals surface area contributed by atoms with E-state index in [0.29, 0.717) is 12.0 Å². The molecule has 1 unspecified atom stereocenters. The number of halogens is 1. The minimum absolute atomic E-state index is 0. The normalized spacial score (nSPS) is 21.4. The molecule has 0 aromatic carbocycles. The highest BCUT2D eigenvalue weighted by Crippen LogP contribution is 2.28. The van der Waals surface area contributed by atoms with E-state index in [1.54, 1.807) is 0 Å². The van der Waals surface area contributed by atoms with Crippen molar-refractivity contribution in [2.75, 3.05) is 57.4 Å². The Bertz CT molecular complexity index is 528. The molecule has 2 aliphatic rings. The fourth-order valence-electron chi connectivity index (χ4n) is 2.98. The number of thiophene rings is 1. The Morgan fingerprint density at radius 1 is 1.25 bits per heavy atom. The molecule has 1 atom stereocenters. The SMILES string of the molecule is Cc1ccc(C(CN=C(N)N2CCSCC2)N2CCOCC2)s1.I. The van der Waals surface area contributed by atoms with Crippen molar-refractivity contribution in [3.8, 4) is 0 Å². The molecule has 0 aliphatic carbocycles. The number of aliphatic imine (C=N–C) groups is 1. The molecule has 136 valence electrons. The van der Waals surface area contributed by atoms with Gasteiger partial charge in [-0.2, -0.15) is 11.8 Å². The van der Waals surface area contributed by atoms with E-state index in [0.717, 1.165) is 57.4 Å². The van der Waals surface area contributed by atoms with E-state index in [9.17, 15) is 0 Å². The summed E-state index contributed by atoms with van der Waals surface area (Å²) in [6.45, 7) is 8.48. The summed E-state index contributed by atoms with van der Waals surface area (Å²) in [5.41, 5.74) is 6.24. The number of hydrogen-bond acceptors (Lipinski definition) is 5. The van der Waals surface area contributed by atoms with Crippen molar-refractivity contribution in [3.05, 3.63) is 21.9 Å². The average molecular weight is 482 g/mol. The lowest BCUT2D eigenvalue weighted by Crippen LogP contribution is -2.44. The monoisotopic (exact) mass is 482 g/mol. The second kappa shape index (κ2) is 10.2. The summed E-state index contributed by atoms with van der Waals surface area (Å²) in [6.07, 6.45) is 0. The first-order chi connectivity index (χ1) is 11.2. The summed E-state index contributed by atoms with van der Waals surface area (Å²) in [4.78, 5) is 12.2. The highest BCUT2D eigenvalue weighted by molar-refractivity contribution is 14.0. The van der Waals surface area contributed by atoms with Gasteiger partial charge >= 0.3 is 0 Å².